The highest BCUT2D eigenvalue weighted by Crippen LogP contribution is 2.15. The zero-order valence-electron chi connectivity index (χ0n) is 11.4. The lowest BCUT2D eigenvalue weighted by atomic mass is 10.1. The highest BCUT2D eigenvalue weighted by Gasteiger charge is 2.14. The third-order valence-electron chi connectivity index (χ3n) is 2.62. The normalized spacial score (nSPS) is 11.7. The molecule has 1 unspecified atom stereocenters. The molecule has 0 bridgehead atoms. The van der Waals surface area contributed by atoms with Crippen LogP contribution in [0.25, 0.3) is 0 Å². The first-order chi connectivity index (χ1) is 9.04. The van der Waals surface area contributed by atoms with Gasteiger partial charge in [-0.15, -0.1) is 0 Å². The number of carbonyl (C=O) groups is 2. The van der Waals surface area contributed by atoms with E-state index in [1.807, 2.05) is 18.2 Å². The van der Waals surface area contributed by atoms with E-state index in [1.54, 1.807) is 13.0 Å². The van der Waals surface area contributed by atoms with Gasteiger partial charge in [0.05, 0.1) is 5.56 Å². The molecule has 104 valence electrons. The van der Waals surface area contributed by atoms with Crippen molar-refractivity contribution >= 4 is 17.5 Å². The van der Waals surface area contributed by atoms with Gasteiger partial charge in [0, 0.05) is 24.7 Å². The summed E-state index contributed by atoms with van der Waals surface area (Å²) in [6, 6.07) is 7.03. The van der Waals surface area contributed by atoms with Crippen LogP contribution in [0.1, 0.15) is 37.0 Å². The highest BCUT2D eigenvalue weighted by atomic mass is 16.2. The minimum atomic E-state index is -0.426. The molecule has 0 aromatic heterocycles. The van der Waals surface area contributed by atoms with Crippen LogP contribution in [0.2, 0.25) is 0 Å². The van der Waals surface area contributed by atoms with Crippen LogP contribution in [0.15, 0.2) is 24.3 Å². The molecule has 0 spiro atoms. The van der Waals surface area contributed by atoms with E-state index in [4.69, 9.17) is 5.73 Å². The molecule has 0 heterocycles. The van der Waals surface area contributed by atoms with Gasteiger partial charge in [-0.1, -0.05) is 19.1 Å². The zero-order valence-corrected chi connectivity index (χ0v) is 11.4. The molecule has 0 aliphatic carbocycles. The number of amides is 2. The smallest absolute Gasteiger partial charge is 0.253 e. The minimum absolute atomic E-state index is 0.135. The van der Waals surface area contributed by atoms with E-state index in [2.05, 4.69) is 17.6 Å². The van der Waals surface area contributed by atoms with E-state index in [-0.39, 0.29) is 18.4 Å². The van der Waals surface area contributed by atoms with Gasteiger partial charge in [-0.25, -0.2) is 0 Å². The summed E-state index contributed by atoms with van der Waals surface area (Å²) in [5.41, 5.74) is 6.48. The lowest BCUT2D eigenvalue weighted by Crippen LogP contribution is -2.36. The van der Waals surface area contributed by atoms with E-state index in [0.29, 0.717) is 5.56 Å². The van der Waals surface area contributed by atoms with E-state index in [9.17, 15) is 9.59 Å². The Morgan fingerprint density at radius 2 is 2.00 bits per heavy atom. The summed E-state index contributed by atoms with van der Waals surface area (Å²) in [5.74, 6) is -0.627. The SMILES string of the molecule is CCCNc1ccccc1C(=O)NC(C)CC(N)=O. The summed E-state index contributed by atoms with van der Waals surface area (Å²) in [6.45, 7) is 4.62. The molecule has 5 nitrogen and oxygen atoms in total. The summed E-state index contributed by atoms with van der Waals surface area (Å²) in [5, 5.41) is 5.97. The molecule has 1 rings (SSSR count). The zero-order chi connectivity index (χ0) is 14.3. The van der Waals surface area contributed by atoms with Crippen LogP contribution in [0.5, 0.6) is 0 Å². The summed E-state index contributed by atoms with van der Waals surface area (Å²) >= 11 is 0. The van der Waals surface area contributed by atoms with Gasteiger partial charge in [-0.05, 0) is 25.5 Å². The fourth-order valence-electron chi connectivity index (χ4n) is 1.75. The summed E-state index contributed by atoms with van der Waals surface area (Å²) in [7, 11) is 0. The van der Waals surface area contributed by atoms with Gasteiger partial charge >= 0.3 is 0 Å². The van der Waals surface area contributed by atoms with Crippen LogP contribution < -0.4 is 16.4 Å². The van der Waals surface area contributed by atoms with Crippen LogP contribution in [-0.4, -0.2) is 24.4 Å². The lowest BCUT2D eigenvalue weighted by molar-refractivity contribution is -0.118. The van der Waals surface area contributed by atoms with Gasteiger partial charge in [0.1, 0.15) is 0 Å². The Bertz CT molecular complexity index is 446. The number of anilines is 1. The van der Waals surface area contributed by atoms with Crippen molar-refractivity contribution < 1.29 is 9.59 Å². The molecule has 0 radical (unpaired) electrons. The van der Waals surface area contributed by atoms with Gasteiger partial charge in [0.2, 0.25) is 5.91 Å². The predicted octanol–water partition coefficient (Wildman–Crippen LogP) is 1.50. The van der Waals surface area contributed by atoms with E-state index >= 15 is 0 Å². The molecule has 5 heteroatoms. The van der Waals surface area contributed by atoms with Crippen molar-refractivity contribution in [2.24, 2.45) is 5.73 Å². The fourth-order valence-corrected chi connectivity index (χ4v) is 1.75. The Morgan fingerprint density at radius 1 is 1.32 bits per heavy atom. The maximum atomic E-state index is 12.1. The predicted molar refractivity (Wildman–Crippen MR) is 76.0 cm³/mol. The van der Waals surface area contributed by atoms with Gasteiger partial charge in [0.25, 0.3) is 5.91 Å². The molecule has 0 saturated carbocycles. The number of carbonyl (C=O) groups excluding carboxylic acids is 2. The molecule has 0 aliphatic heterocycles. The third kappa shape index (κ3) is 4.99. The molecule has 19 heavy (non-hydrogen) atoms. The molecular weight excluding hydrogens is 242 g/mol. The molecular formula is C14H21N3O2. The summed E-state index contributed by atoms with van der Waals surface area (Å²) in [4.78, 5) is 22.9. The van der Waals surface area contributed by atoms with Crippen LogP contribution >= 0.6 is 0 Å². The Kier molecular flexibility index (Phi) is 5.85. The number of primary amides is 1. The first-order valence-electron chi connectivity index (χ1n) is 6.46. The van der Waals surface area contributed by atoms with Crippen molar-refractivity contribution in [2.45, 2.75) is 32.7 Å². The second kappa shape index (κ2) is 7.41. The van der Waals surface area contributed by atoms with E-state index < -0.39 is 5.91 Å². The minimum Gasteiger partial charge on any atom is -0.384 e. The summed E-state index contributed by atoms with van der Waals surface area (Å²) < 4.78 is 0. The molecule has 0 fully saturated rings. The first kappa shape index (κ1) is 15.0. The molecule has 1 aromatic carbocycles. The number of rotatable bonds is 7. The average molecular weight is 263 g/mol. The maximum absolute atomic E-state index is 12.1. The van der Waals surface area contributed by atoms with Gasteiger partial charge in [-0.2, -0.15) is 0 Å². The topological polar surface area (TPSA) is 84.2 Å². The van der Waals surface area contributed by atoms with Gasteiger partial charge < -0.3 is 16.4 Å². The Hall–Kier alpha value is -2.04. The van der Waals surface area contributed by atoms with Crippen molar-refractivity contribution in [1.29, 1.82) is 0 Å². The number of hydrogen-bond acceptors (Lipinski definition) is 3. The number of para-hydroxylation sites is 1. The van der Waals surface area contributed by atoms with Crippen molar-refractivity contribution in [1.82, 2.24) is 5.32 Å². The second-order valence-corrected chi connectivity index (χ2v) is 4.52. The Balaban J connectivity index is 2.73. The first-order valence-corrected chi connectivity index (χ1v) is 6.46. The lowest BCUT2D eigenvalue weighted by Gasteiger charge is -2.15. The van der Waals surface area contributed by atoms with Crippen molar-refractivity contribution in [3.63, 3.8) is 0 Å². The quantitative estimate of drug-likeness (QED) is 0.697. The van der Waals surface area contributed by atoms with E-state index in [1.165, 1.54) is 0 Å². The number of hydrogen-bond donors (Lipinski definition) is 3. The monoisotopic (exact) mass is 263 g/mol. The van der Waals surface area contributed by atoms with Crippen LogP contribution in [0.3, 0.4) is 0 Å². The Labute approximate surface area is 113 Å². The molecule has 0 aliphatic rings. The molecule has 1 aromatic rings. The van der Waals surface area contributed by atoms with Crippen LogP contribution in [0, 0.1) is 0 Å². The molecule has 1 atom stereocenters. The molecule has 0 saturated heterocycles. The Morgan fingerprint density at radius 3 is 2.63 bits per heavy atom. The van der Waals surface area contributed by atoms with Gasteiger partial charge in [0.15, 0.2) is 0 Å². The number of nitrogens with two attached hydrogens (primary N) is 1. The van der Waals surface area contributed by atoms with Crippen molar-refractivity contribution in [3.8, 4) is 0 Å². The van der Waals surface area contributed by atoms with E-state index in [0.717, 1.165) is 18.7 Å². The van der Waals surface area contributed by atoms with Crippen LogP contribution in [0.4, 0.5) is 5.69 Å². The average Bonchev–Trinajstić information content (AvgIpc) is 2.35. The van der Waals surface area contributed by atoms with Crippen molar-refractivity contribution in [2.75, 3.05) is 11.9 Å². The maximum Gasteiger partial charge on any atom is 0.253 e. The highest BCUT2D eigenvalue weighted by molar-refractivity contribution is 5.99. The summed E-state index contributed by atoms with van der Waals surface area (Å²) in [6.07, 6.45) is 1.12. The number of benzene rings is 1. The second-order valence-electron chi connectivity index (χ2n) is 4.52. The molecule has 2 amide bonds. The molecule has 4 N–H and O–H groups in total. The fraction of sp³-hybridized carbons (Fsp3) is 0.429. The van der Waals surface area contributed by atoms with Crippen molar-refractivity contribution in [3.05, 3.63) is 29.8 Å². The largest absolute Gasteiger partial charge is 0.384 e. The van der Waals surface area contributed by atoms with Crippen LogP contribution in [-0.2, 0) is 4.79 Å². The van der Waals surface area contributed by atoms with Gasteiger partial charge in [-0.3, -0.25) is 9.59 Å². The third-order valence-corrected chi connectivity index (χ3v) is 2.62. The standard InChI is InChI=1S/C14H21N3O2/c1-3-8-16-12-7-5-4-6-11(12)14(19)17-10(2)9-13(15)18/h4-7,10,16H,3,8-9H2,1-2H3,(H2,15,18)(H,17,19). The number of nitrogens with one attached hydrogen (secondary N) is 2.